The zero-order chi connectivity index (χ0) is 16.5. The molecule has 1 aromatic carbocycles. The lowest BCUT2D eigenvalue weighted by Gasteiger charge is -2.21. The highest BCUT2D eigenvalue weighted by Gasteiger charge is 2.09. The first-order valence-corrected chi connectivity index (χ1v) is 8.66. The minimum absolute atomic E-state index is 0.708. The molecule has 0 amide bonds. The molecule has 0 aliphatic heterocycles. The SMILES string of the molecule is CCCN(CCC)CCOc1cc(C)nn1Cc1ccccc1. The van der Waals surface area contributed by atoms with Crippen molar-refractivity contribution in [3.8, 4) is 5.88 Å². The van der Waals surface area contributed by atoms with E-state index in [-0.39, 0.29) is 0 Å². The smallest absolute Gasteiger partial charge is 0.212 e. The summed E-state index contributed by atoms with van der Waals surface area (Å²) in [4.78, 5) is 2.46. The van der Waals surface area contributed by atoms with E-state index < -0.39 is 0 Å². The summed E-state index contributed by atoms with van der Waals surface area (Å²) in [6, 6.07) is 12.4. The van der Waals surface area contributed by atoms with Gasteiger partial charge in [0.05, 0.1) is 12.2 Å². The van der Waals surface area contributed by atoms with Crippen LogP contribution in [0.1, 0.15) is 37.9 Å². The zero-order valence-corrected chi connectivity index (χ0v) is 14.7. The molecule has 0 saturated carbocycles. The average molecular weight is 315 g/mol. The van der Waals surface area contributed by atoms with Gasteiger partial charge in [-0.05, 0) is 38.4 Å². The monoisotopic (exact) mass is 315 g/mol. The third-order valence-electron chi connectivity index (χ3n) is 3.78. The van der Waals surface area contributed by atoms with Crippen molar-refractivity contribution in [2.75, 3.05) is 26.2 Å². The molecule has 0 N–H and O–H groups in total. The molecule has 1 aromatic heterocycles. The Labute approximate surface area is 140 Å². The maximum atomic E-state index is 6.01. The van der Waals surface area contributed by atoms with E-state index in [2.05, 4.69) is 48.1 Å². The quantitative estimate of drug-likeness (QED) is 0.669. The second kappa shape index (κ2) is 9.36. The van der Waals surface area contributed by atoms with Crippen LogP contribution >= 0.6 is 0 Å². The van der Waals surface area contributed by atoms with Crippen LogP contribution in [0.4, 0.5) is 0 Å². The van der Waals surface area contributed by atoms with E-state index in [9.17, 15) is 0 Å². The van der Waals surface area contributed by atoms with Crippen LogP contribution in [0.3, 0.4) is 0 Å². The molecule has 0 bridgehead atoms. The second-order valence-corrected chi connectivity index (χ2v) is 5.96. The highest BCUT2D eigenvalue weighted by Crippen LogP contribution is 2.15. The van der Waals surface area contributed by atoms with Crippen molar-refractivity contribution < 1.29 is 4.74 Å². The van der Waals surface area contributed by atoms with Gasteiger partial charge in [0.25, 0.3) is 0 Å². The van der Waals surface area contributed by atoms with Gasteiger partial charge in [-0.25, -0.2) is 4.68 Å². The molecule has 2 aromatic rings. The molecular weight excluding hydrogens is 286 g/mol. The van der Waals surface area contributed by atoms with E-state index in [1.54, 1.807) is 0 Å². The van der Waals surface area contributed by atoms with Gasteiger partial charge in [0.1, 0.15) is 6.61 Å². The van der Waals surface area contributed by atoms with E-state index in [1.165, 1.54) is 18.4 Å². The van der Waals surface area contributed by atoms with Gasteiger partial charge in [-0.1, -0.05) is 44.2 Å². The first-order chi connectivity index (χ1) is 11.2. The molecule has 0 aliphatic rings. The number of benzene rings is 1. The first kappa shape index (κ1) is 17.5. The highest BCUT2D eigenvalue weighted by molar-refractivity contribution is 5.20. The fourth-order valence-corrected chi connectivity index (χ4v) is 2.75. The van der Waals surface area contributed by atoms with Crippen molar-refractivity contribution in [3.05, 3.63) is 47.7 Å². The number of aryl methyl sites for hydroxylation is 1. The lowest BCUT2D eigenvalue weighted by molar-refractivity contribution is 0.199. The predicted molar refractivity (Wildman–Crippen MR) is 95.0 cm³/mol. The molecule has 0 radical (unpaired) electrons. The highest BCUT2D eigenvalue weighted by atomic mass is 16.5. The Kier molecular flexibility index (Phi) is 7.14. The average Bonchev–Trinajstić information content (AvgIpc) is 2.88. The normalized spacial score (nSPS) is 11.1. The van der Waals surface area contributed by atoms with E-state index in [1.807, 2.05) is 23.7 Å². The predicted octanol–water partition coefficient (Wildman–Crippen LogP) is 3.74. The molecule has 0 saturated heterocycles. The molecule has 23 heavy (non-hydrogen) atoms. The molecule has 0 aliphatic carbocycles. The van der Waals surface area contributed by atoms with Crippen molar-refractivity contribution in [1.29, 1.82) is 0 Å². The van der Waals surface area contributed by atoms with Gasteiger partial charge in [0, 0.05) is 12.6 Å². The van der Waals surface area contributed by atoms with Gasteiger partial charge in [-0.2, -0.15) is 5.10 Å². The van der Waals surface area contributed by atoms with Gasteiger partial charge < -0.3 is 4.74 Å². The maximum absolute atomic E-state index is 6.01. The van der Waals surface area contributed by atoms with Crippen molar-refractivity contribution in [1.82, 2.24) is 14.7 Å². The van der Waals surface area contributed by atoms with Gasteiger partial charge in [0.15, 0.2) is 0 Å². The topological polar surface area (TPSA) is 30.3 Å². The van der Waals surface area contributed by atoms with E-state index >= 15 is 0 Å². The molecule has 0 atom stereocenters. The Morgan fingerprint density at radius 3 is 2.39 bits per heavy atom. The fourth-order valence-electron chi connectivity index (χ4n) is 2.75. The number of nitrogens with zero attached hydrogens (tertiary/aromatic N) is 3. The van der Waals surface area contributed by atoms with Crippen molar-refractivity contribution in [2.45, 2.75) is 40.2 Å². The fraction of sp³-hybridized carbons (Fsp3) is 0.526. The second-order valence-electron chi connectivity index (χ2n) is 5.96. The molecule has 0 spiro atoms. The van der Waals surface area contributed by atoms with Gasteiger partial charge >= 0.3 is 0 Å². The summed E-state index contributed by atoms with van der Waals surface area (Å²) in [6.45, 7) is 11.2. The summed E-state index contributed by atoms with van der Waals surface area (Å²) in [5.74, 6) is 0.860. The summed E-state index contributed by atoms with van der Waals surface area (Å²) in [6.07, 6.45) is 2.37. The maximum Gasteiger partial charge on any atom is 0.212 e. The standard InChI is InChI=1S/C19H29N3O/c1-4-11-21(12-5-2)13-14-23-19-15-17(3)20-22(19)16-18-9-7-6-8-10-18/h6-10,15H,4-5,11-14,16H2,1-3H3. The first-order valence-electron chi connectivity index (χ1n) is 8.66. The molecule has 0 fully saturated rings. The lowest BCUT2D eigenvalue weighted by atomic mass is 10.2. The third kappa shape index (κ3) is 5.71. The summed E-state index contributed by atoms with van der Waals surface area (Å²) in [5.41, 5.74) is 2.23. The molecular formula is C19H29N3O. The largest absolute Gasteiger partial charge is 0.476 e. The molecule has 126 valence electrons. The minimum Gasteiger partial charge on any atom is -0.476 e. The van der Waals surface area contributed by atoms with Crippen LogP contribution in [0.25, 0.3) is 0 Å². The zero-order valence-electron chi connectivity index (χ0n) is 14.7. The molecule has 4 heteroatoms. The van der Waals surface area contributed by atoms with Crippen molar-refractivity contribution in [3.63, 3.8) is 0 Å². The molecule has 4 nitrogen and oxygen atoms in total. The summed E-state index contributed by atoms with van der Waals surface area (Å²) >= 11 is 0. The van der Waals surface area contributed by atoms with Crippen LogP contribution < -0.4 is 4.74 Å². The Hall–Kier alpha value is -1.81. The summed E-state index contributed by atoms with van der Waals surface area (Å²) < 4.78 is 7.97. The van der Waals surface area contributed by atoms with Gasteiger partial charge in [-0.15, -0.1) is 0 Å². The van der Waals surface area contributed by atoms with Crippen LogP contribution in [0.5, 0.6) is 5.88 Å². The Bertz CT molecular complexity index is 559. The van der Waals surface area contributed by atoms with Crippen molar-refractivity contribution >= 4 is 0 Å². The van der Waals surface area contributed by atoms with Crippen LogP contribution in [0.15, 0.2) is 36.4 Å². The van der Waals surface area contributed by atoms with Crippen LogP contribution in [-0.2, 0) is 6.54 Å². The Balaban J connectivity index is 1.92. The minimum atomic E-state index is 0.708. The van der Waals surface area contributed by atoms with Crippen LogP contribution in [-0.4, -0.2) is 40.9 Å². The number of hydrogen-bond acceptors (Lipinski definition) is 3. The van der Waals surface area contributed by atoms with Crippen LogP contribution in [0.2, 0.25) is 0 Å². The number of rotatable bonds is 10. The van der Waals surface area contributed by atoms with Gasteiger partial charge in [-0.3, -0.25) is 4.90 Å². The molecule has 2 rings (SSSR count). The van der Waals surface area contributed by atoms with E-state index in [0.717, 1.165) is 37.8 Å². The lowest BCUT2D eigenvalue weighted by Crippen LogP contribution is -2.30. The summed E-state index contributed by atoms with van der Waals surface area (Å²) in [7, 11) is 0. The molecule has 1 heterocycles. The molecule has 0 unspecified atom stereocenters. The van der Waals surface area contributed by atoms with E-state index in [0.29, 0.717) is 6.61 Å². The number of hydrogen-bond donors (Lipinski definition) is 0. The number of ether oxygens (including phenoxy) is 1. The van der Waals surface area contributed by atoms with Crippen LogP contribution in [0, 0.1) is 6.92 Å². The van der Waals surface area contributed by atoms with Gasteiger partial charge in [0.2, 0.25) is 5.88 Å². The third-order valence-corrected chi connectivity index (χ3v) is 3.78. The van der Waals surface area contributed by atoms with E-state index in [4.69, 9.17) is 4.74 Å². The Morgan fingerprint density at radius 1 is 1.04 bits per heavy atom. The number of aromatic nitrogens is 2. The Morgan fingerprint density at radius 2 is 1.74 bits per heavy atom. The van der Waals surface area contributed by atoms with Crippen molar-refractivity contribution in [2.24, 2.45) is 0 Å². The summed E-state index contributed by atoms with van der Waals surface area (Å²) in [5, 5.41) is 4.55.